The fourth-order valence-electron chi connectivity index (χ4n) is 2.45. The van der Waals surface area contributed by atoms with E-state index in [0.717, 1.165) is 38.3 Å². The standard InChI is InChI=1S/C10H19NO/c1-9-2-3-10(8-9)11-4-6-12-7-5-11/h9-10H,2-8H2,1H3/t9-,10-/m0/s1. The molecule has 1 saturated carbocycles. The molecular weight excluding hydrogens is 150 g/mol. The number of nitrogens with zero attached hydrogens (tertiary/aromatic N) is 1. The van der Waals surface area contributed by atoms with Crippen molar-refractivity contribution in [2.24, 2.45) is 5.92 Å². The van der Waals surface area contributed by atoms with Gasteiger partial charge in [0.25, 0.3) is 0 Å². The molecule has 1 saturated heterocycles. The highest BCUT2D eigenvalue weighted by Crippen LogP contribution is 2.28. The molecule has 12 heavy (non-hydrogen) atoms. The summed E-state index contributed by atoms with van der Waals surface area (Å²) < 4.78 is 5.34. The Balaban J connectivity index is 1.83. The maximum Gasteiger partial charge on any atom is 0.0594 e. The lowest BCUT2D eigenvalue weighted by molar-refractivity contribution is 0.0173. The zero-order chi connectivity index (χ0) is 8.39. The minimum Gasteiger partial charge on any atom is -0.379 e. The molecule has 2 heteroatoms. The summed E-state index contributed by atoms with van der Waals surface area (Å²) in [6, 6.07) is 0.879. The molecule has 1 heterocycles. The first-order chi connectivity index (χ1) is 5.86. The summed E-state index contributed by atoms with van der Waals surface area (Å²) in [5.41, 5.74) is 0. The Morgan fingerprint density at radius 2 is 1.92 bits per heavy atom. The molecule has 0 aromatic carbocycles. The molecular formula is C10H19NO. The van der Waals surface area contributed by atoms with Crippen LogP contribution in [0.3, 0.4) is 0 Å². The number of hydrogen-bond acceptors (Lipinski definition) is 2. The van der Waals surface area contributed by atoms with Gasteiger partial charge in [0, 0.05) is 19.1 Å². The van der Waals surface area contributed by atoms with E-state index in [1.54, 1.807) is 0 Å². The number of hydrogen-bond donors (Lipinski definition) is 0. The number of morpholine rings is 1. The van der Waals surface area contributed by atoms with Crippen LogP contribution in [0.5, 0.6) is 0 Å². The lowest BCUT2D eigenvalue weighted by atomic mass is 10.1. The molecule has 0 bridgehead atoms. The topological polar surface area (TPSA) is 12.5 Å². The van der Waals surface area contributed by atoms with Crippen LogP contribution in [0.1, 0.15) is 26.2 Å². The van der Waals surface area contributed by atoms with Gasteiger partial charge in [0.2, 0.25) is 0 Å². The first-order valence-corrected chi connectivity index (χ1v) is 5.18. The lowest BCUT2D eigenvalue weighted by Gasteiger charge is -2.32. The molecule has 0 N–H and O–H groups in total. The fraction of sp³-hybridized carbons (Fsp3) is 1.00. The molecule has 1 aliphatic heterocycles. The highest BCUT2D eigenvalue weighted by Gasteiger charge is 2.27. The van der Waals surface area contributed by atoms with Crippen molar-refractivity contribution >= 4 is 0 Å². The van der Waals surface area contributed by atoms with Gasteiger partial charge in [-0.2, -0.15) is 0 Å². The minimum absolute atomic E-state index is 0.879. The first kappa shape index (κ1) is 8.52. The van der Waals surface area contributed by atoms with Crippen molar-refractivity contribution in [1.29, 1.82) is 0 Å². The van der Waals surface area contributed by atoms with Crippen molar-refractivity contribution in [2.75, 3.05) is 26.3 Å². The predicted molar refractivity (Wildman–Crippen MR) is 49.2 cm³/mol. The molecule has 2 fully saturated rings. The second-order valence-electron chi connectivity index (χ2n) is 4.22. The molecule has 2 rings (SSSR count). The van der Waals surface area contributed by atoms with Crippen molar-refractivity contribution in [3.63, 3.8) is 0 Å². The molecule has 0 aromatic heterocycles. The fourth-order valence-corrected chi connectivity index (χ4v) is 2.45. The third-order valence-electron chi connectivity index (χ3n) is 3.23. The maximum atomic E-state index is 5.34. The van der Waals surface area contributed by atoms with Crippen LogP contribution in [-0.4, -0.2) is 37.2 Å². The van der Waals surface area contributed by atoms with Gasteiger partial charge < -0.3 is 4.74 Å². The van der Waals surface area contributed by atoms with Gasteiger partial charge in [0.05, 0.1) is 13.2 Å². The van der Waals surface area contributed by atoms with E-state index in [2.05, 4.69) is 11.8 Å². The molecule has 0 radical (unpaired) electrons. The molecule has 70 valence electrons. The Morgan fingerprint density at radius 1 is 1.17 bits per heavy atom. The van der Waals surface area contributed by atoms with Gasteiger partial charge in [-0.3, -0.25) is 4.90 Å². The van der Waals surface area contributed by atoms with Gasteiger partial charge in [-0.1, -0.05) is 6.92 Å². The second kappa shape index (κ2) is 3.75. The zero-order valence-electron chi connectivity index (χ0n) is 7.96. The molecule has 0 aromatic rings. The van der Waals surface area contributed by atoms with E-state index in [9.17, 15) is 0 Å². The van der Waals surface area contributed by atoms with E-state index in [0.29, 0.717) is 0 Å². The number of rotatable bonds is 1. The Kier molecular flexibility index (Phi) is 2.66. The van der Waals surface area contributed by atoms with Crippen LogP contribution in [0.4, 0.5) is 0 Å². The zero-order valence-corrected chi connectivity index (χ0v) is 7.96. The first-order valence-electron chi connectivity index (χ1n) is 5.18. The molecule has 0 spiro atoms. The average Bonchev–Trinajstić information content (AvgIpc) is 2.54. The Labute approximate surface area is 74.9 Å². The van der Waals surface area contributed by atoms with Crippen LogP contribution < -0.4 is 0 Å². The van der Waals surface area contributed by atoms with Gasteiger partial charge >= 0.3 is 0 Å². The van der Waals surface area contributed by atoms with Crippen molar-refractivity contribution in [3.05, 3.63) is 0 Å². The molecule has 2 atom stereocenters. The molecule has 1 aliphatic carbocycles. The molecule has 0 unspecified atom stereocenters. The largest absolute Gasteiger partial charge is 0.379 e. The summed E-state index contributed by atoms with van der Waals surface area (Å²) >= 11 is 0. The monoisotopic (exact) mass is 169 g/mol. The normalized spacial score (nSPS) is 38.8. The van der Waals surface area contributed by atoms with Gasteiger partial charge in [0.15, 0.2) is 0 Å². The highest BCUT2D eigenvalue weighted by atomic mass is 16.5. The van der Waals surface area contributed by atoms with Crippen molar-refractivity contribution < 1.29 is 4.74 Å². The van der Waals surface area contributed by atoms with Crippen LogP contribution >= 0.6 is 0 Å². The van der Waals surface area contributed by atoms with Gasteiger partial charge in [-0.05, 0) is 25.2 Å². The smallest absolute Gasteiger partial charge is 0.0594 e. The van der Waals surface area contributed by atoms with E-state index in [4.69, 9.17) is 4.74 Å². The Hall–Kier alpha value is -0.0800. The van der Waals surface area contributed by atoms with Crippen LogP contribution in [0.15, 0.2) is 0 Å². The van der Waals surface area contributed by atoms with Gasteiger partial charge in [0.1, 0.15) is 0 Å². The Bertz CT molecular complexity index is 140. The van der Waals surface area contributed by atoms with Gasteiger partial charge in [-0.25, -0.2) is 0 Å². The second-order valence-corrected chi connectivity index (χ2v) is 4.22. The van der Waals surface area contributed by atoms with Crippen LogP contribution in [0.25, 0.3) is 0 Å². The minimum atomic E-state index is 0.879. The van der Waals surface area contributed by atoms with Gasteiger partial charge in [-0.15, -0.1) is 0 Å². The summed E-state index contributed by atoms with van der Waals surface area (Å²) in [4.78, 5) is 2.62. The van der Waals surface area contributed by atoms with E-state index < -0.39 is 0 Å². The summed E-state index contributed by atoms with van der Waals surface area (Å²) in [6.07, 6.45) is 4.27. The molecule has 2 aliphatic rings. The van der Waals surface area contributed by atoms with Crippen LogP contribution in [0.2, 0.25) is 0 Å². The van der Waals surface area contributed by atoms with Crippen LogP contribution in [0, 0.1) is 5.92 Å². The average molecular weight is 169 g/mol. The maximum absolute atomic E-state index is 5.34. The van der Waals surface area contributed by atoms with Crippen molar-refractivity contribution in [3.8, 4) is 0 Å². The number of ether oxygens (including phenoxy) is 1. The summed E-state index contributed by atoms with van der Waals surface area (Å²) in [6.45, 7) is 6.60. The van der Waals surface area contributed by atoms with E-state index in [1.165, 1.54) is 19.3 Å². The quantitative estimate of drug-likeness (QED) is 0.590. The molecule has 2 nitrogen and oxygen atoms in total. The van der Waals surface area contributed by atoms with Crippen molar-refractivity contribution in [2.45, 2.75) is 32.2 Å². The highest BCUT2D eigenvalue weighted by molar-refractivity contribution is 4.81. The summed E-state index contributed by atoms with van der Waals surface area (Å²) in [5, 5.41) is 0. The summed E-state index contributed by atoms with van der Waals surface area (Å²) in [7, 11) is 0. The Morgan fingerprint density at radius 3 is 2.50 bits per heavy atom. The van der Waals surface area contributed by atoms with E-state index in [1.807, 2.05) is 0 Å². The third kappa shape index (κ3) is 1.80. The SMILES string of the molecule is C[C@H]1CC[C@H](N2CCOCC2)C1. The van der Waals surface area contributed by atoms with E-state index in [-0.39, 0.29) is 0 Å². The van der Waals surface area contributed by atoms with E-state index >= 15 is 0 Å². The predicted octanol–water partition coefficient (Wildman–Crippen LogP) is 1.51. The third-order valence-corrected chi connectivity index (χ3v) is 3.23. The van der Waals surface area contributed by atoms with Crippen molar-refractivity contribution in [1.82, 2.24) is 4.90 Å². The molecule has 0 amide bonds. The lowest BCUT2D eigenvalue weighted by Crippen LogP contribution is -2.42. The summed E-state index contributed by atoms with van der Waals surface area (Å²) in [5.74, 6) is 0.956. The van der Waals surface area contributed by atoms with Crippen LogP contribution in [-0.2, 0) is 4.74 Å².